The lowest BCUT2D eigenvalue weighted by Gasteiger charge is -2.16. The van der Waals surface area contributed by atoms with Gasteiger partial charge >= 0.3 is 0 Å². The predicted octanol–water partition coefficient (Wildman–Crippen LogP) is 4.50. The molecule has 0 radical (unpaired) electrons. The molecule has 1 N–H and O–H groups in total. The number of rotatable bonds is 3. The van der Waals surface area contributed by atoms with E-state index in [0.717, 1.165) is 27.6 Å². The fraction of sp³-hybridized carbons (Fsp3) is 0.538. The smallest absolute Gasteiger partial charge is 0.0751 e. The van der Waals surface area contributed by atoms with Gasteiger partial charge in [-0.3, -0.25) is 0 Å². The molecule has 1 aromatic carbocycles. The maximum Gasteiger partial charge on any atom is 0.0751 e. The average molecular weight is 363 g/mol. The fourth-order valence-electron chi connectivity index (χ4n) is 2.12. The molecule has 1 heterocycles. The molecule has 94 valence electrons. The molecule has 2 nitrogen and oxygen atoms in total. The topological polar surface area (TPSA) is 21.3 Å². The van der Waals surface area contributed by atoms with E-state index in [1.165, 1.54) is 12.0 Å². The Bertz CT molecular complexity index is 385. The van der Waals surface area contributed by atoms with Crippen LogP contribution in [0.1, 0.15) is 25.3 Å². The van der Waals surface area contributed by atoms with Crippen molar-refractivity contribution in [2.75, 3.05) is 11.9 Å². The third-order valence-corrected chi connectivity index (χ3v) is 4.26. The number of aryl methyl sites for hydroxylation is 1. The molecule has 2 unspecified atom stereocenters. The Morgan fingerprint density at radius 1 is 1.29 bits per heavy atom. The number of anilines is 1. The quantitative estimate of drug-likeness (QED) is 0.854. The van der Waals surface area contributed by atoms with Gasteiger partial charge in [-0.05, 0) is 76.2 Å². The van der Waals surface area contributed by atoms with Gasteiger partial charge in [0.05, 0.1) is 17.9 Å². The summed E-state index contributed by atoms with van der Waals surface area (Å²) in [7, 11) is 0. The highest BCUT2D eigenvalue weighted by Crippen LogP contribution is 2.32. The number of nitrogens with one attached hydrogen (secondary N) is 1. The largest absolute Gasteiger partial charge is 0.381 e. The molecule has 0 spiro atoms. The third kappa shape index (κ3) is 3.46. The van der Waals surface area contributed by atoms with E-state index in [9.17, 15) is 0 Å². The lowest BCUT2D eigenvalue weighted by atomic mass is 10.2. The lowest BCUT2D eigenvalue weighted by Crippen LogP contribution is -2.20. The summed E-state index contributed by atoms with van der Waals surface area (Å²) in [6, 6.07) is 4.23. The second-order valence-electron chi connectivity index (χ2n) is 4.63. The number of hydrogen-bond donors (Lipinski definition) is 1. The molecule has 2 atom stereocenters. The zero-order valence-corrected chi connectivity index (χ0v) is 13.3. The minimum Gasteiger partial charge on any atom is -0.381 e. The zero-order chi connectivity index (χ0) is 12.4. The van der Waals surface area contributed by atoms with Crippen LogP contribution >= 0.6 is 31.9 Å². The van der Waals surface area contributed by atoms with Gasteiger partial charge in [-0.25, -0.2) is 0 Å². The van der Waals surface area contributed by atoms with Gasteiger partial charge in [0.25, 0.3) is 0 Å². The average Bonchev–Trinajstić information content (AvgIpc) is 2.62. The predicted molar refractivity (Wildman–Crippen MR) is 78.6 cm³/mol. The summed E-state index contributed by atoms with van der Waals surface area (Å²) in [5, 5.41) is 3.45. The van der Waals surface area contributed by atoms with Gasteiger partial charge < -0.3 is 10.1 Å². The molecule has 0 saturated carbocycles. The first kappa shape index (κ1) is 13.4. The van der Waals surface area contributed by atoms with Gasteiger partial charge in [0.1, 0.15) is 0 Å². The molecule has 0 bridgehead atoms. The van der Waals surface area contributed by atoms with Gasteiger partial charge in [-0.2, -0.15) is 0 Å². The zero-order valence-electron chi connectivity index (χ0n) is 10.1. The van der Waals surface area contributed by atoms with Crippen molar-refractivity contribution < 1.29 is 4.74 Å². The van der Waals surface area contributed by atoms with Gasteiger partial charge in [-0.1, -0.05) is 0 Å². The minimum atomic E-state index is 0.338. The molecule has 1 aliphatic rings. The van der Waals surface area contributed by atoms with Gasteiger partial charge in [0.15, 0.2) is 0 Å². The van der Waals surface area contributed by atoms with Crippen LogP contribution in [0, 0.1) is 6.92 Å². The Hall–Kier alpha value is -0.0600. The standard InChI is InChI=1S/C13H17Br2NO/c1-8-5-11(14)13(12(15)6-8)16-7-10-4-3-9(2)17-10/h5-6,9-10,16H,3-4,7H2,1-2H3. The Morgan fingerprint density at radius 2 is 1.94 bits per heavy atom. The van der Waals surface area contributed by atoms with Crippen LogP contribution in [-0.4, -0.2) is 18.8 Å². The van der Waals surface area contributed by atoms with E-state index in [1.807, 2.05) is 0 Å². The highest BCUT2D eigenvalue weighted by Gasteiger charge is 2.21. The highest BCUT2D eigenvalue weighted by atomic mass is 79.9. The molecule has 0 aromatic heterocycles. The van der Waals surface area contributed by atoms with Crippen LogP contribution in [-0.2, 0) is 4.74 Å². The first-order chi connectivity index (χ1) is 8.06. The normalized spacial score (nSPS) is 24.0. The molecule has 1 fully saturated rings. The van der Waals surface area contributed by atoms with Crippen LogP contribution in [0.4, 0.5) is 5.69 Å². The van der Waals surface area contributed by atoms with Crippen molar-refractivity contribution >= 4 is 37.5 Å². The van der Waals surface area contributed by atoms with Crippen molar-refractivity contribution in [2.45, 2.75) is 38.9 Å². The molecule has 0 aliphatic carbocycles. The Labute approximate surface area is 119 Å². The highest BCUT2D eigenvalue weighted by molar-refractivity contribution is 9.11. The molecule has 1 aliphatic heterocycles. The van der Waals surface area contributed by atoms with Crippen LogP contribution in [0.5, 0.6) is 0 Å². The van der Waals surface area contributed by atoms with Crippen LogP contribution < -0.4 is 5.32 Å². The van der Waals surface area contributed by atoms with Crippen molar-refractivity contribution in [3.63, 3.8) is 0 Å². The van der Waals surface area contributed by atoms with Crippen molar-refractivity contribution in [1.29, 1.82) is 0 Å². The third-order valence-electron chi connectivity index (χ3n) is 3.01. The number of benzene rings is 1. The second-order valence-corrected chi connectivity index (χ2v) is 6.34. The fourth-order valence-corrected chi connectivity index (χ4v) is 3.82. The van der Waals surface area contributed by atoms with E-state index in [2.05, 4.69) is 63.2 Å². The van der Waals surface area contributed by atoms with Crippen LogP contribution in [0.3, 0.4) is 0 Å². The van der Waals surface area contributed by atoms with Gasteiger partial charge in [-0.15, -0.1) is 0 Å². The van der Waals surface area contributed by atoms with E-state index < -0.39 is 0 Å². The molecule has 1 saturated heterocycles. The van der Waals surface area contributed by atoms with E-state index >= 15 is 0 Å². The SMILES string of the molecule is Cc1cc(Br)c(NCC2CCC(C)O2)c(Br)c1. The van der Waals surface area contributed by atoms with Gasteiger partial charge in [0.2, 0.25) is 0 Å². The maximum atomic E-state index is 5.79. The van der Waals surface area contributed by atoms with Crippen molar-refractivity contribution in [1.82, 2.24) is 0 Å². The molecule has 2 rings (SSSR count). The Kier molecular flexibility index (Phi) is 4.50. The number of ether oxygens (including phenoxy) is 1. The van der Waals surface area contributed by atoms with E-state index in [-0.39, 0.29) is 0 Å². The molecule has 1 aromatic rings. The molecular formula is C13H17Br2NO. The summed E-state index contributed by atoms with van der Waals surface area (Å²) in [6.07, 6.45) is 3.06. The van der Waals surface area contributed by atoms with Gasteiger partial charge in [0, 0.05) is 15.5 Å². The van der Waals surface area contributed by atoms with Crippen molar-refractivity contribution in [2.24, 2.45) is 0 Å². The first-order valence-corrected chi connectivity index (χ1v) is 7.50. The summed E-state index contributed by atoms with van der Waals surface area (Å²) >= 11 is 7.17. The number of halogens is 2. The van der Waals surface area contributed by atoms with Crippen LogP contribution in [0.25, 0.3) is 0 Å². The Balaban J connectivity index is 1.99. The molecule has 17 heavy (non-hydrogen) atoms. The molecular weight excluding hydrogens is 346 g/mol. The maximum absolute atomic E-state index is 5.79. The lowest BCUT2D eigenvalue weighted by molar-refractivity contribution is 0.0637. The minimum absolute atomic E-state index is 0.338. The Morgan fingerprint density at radius 3 is 2.47 bits per heavy atom. The number of hydrogen-bond acceptors (Lipinski definition) is 2. The van der Waals surface area contributed by atoms with Crippen molar-refractivity contribution in [3.8, 4) is 0 Å². The van der Waals surface area contributed by atoms with Crippen LogP contribution in [0.15, 0.2) is 21.1 Å². The summed E-state index contributed by atoms with van der Waals surface area (Å²) < 4.78 is 7.98. The molecule has 0 amide bonds. The summed E-state index contributed by atoms with van der Waals surface area (Å²) in [6.45, 7) is 5.09. The van der Waals surface area contributed by atoms with E-state index in [4.69, 9.17) is 4.74 Å². The summed E-state index contributed by atoms with van der Waals surface area (Å²) in [5.74, 6) is 0. The van der Waals surface area contributed by atoms with Crippen molar-refractivity contribution in [3.05, 3.63) is 26.6 Å². The monoisotopic (exact) mass is 361 g/mol. The van der Waals surface area contributed by atoms with E-state index in [0.29, 0.717) is 12.2 Å². The summed E-state index contributed by atoms with van der Waals surface area (Å²) in [5.41, 5.74) is 2.35. The second kappa shape index (κ2) is 5.72. The molecule has 4 heteroatoms. The van der Waals surface area contributed by atoms with Crippen LogP contribution in [0.2, 0.25) is 0 Å². The first-order valence-electron chi connectivity index (χ1n) is 5.91. The summed E-state index contributed by atoms with van der Waals surface area (Å²) in [4.78, 5) is 0. The van der Waals surface area contributed by atoms with E-state index in [1.54, 1.807) is 0 Å².